The third kappa shape index (κ3) is 4.59. The van der Waals surface area contributed by atoms with E-state index in [0.717, 1.165) is 18.4 Å². The molecule has 158 valence electrons. The van der Waals surface area contributed by atoms with Crippen molar-refractivity contribution in [2.24, 2.45) is 5.18 Å². The van der Waals surface area contributed by atoms with Gasteiger partial charge in [-0.2, -0.15) is 0 Å². The monoisotopic (exact) mass is 412 g/mol. The molecule has 0 aliphatic carbocycles. The molecule has 1 aliphatic rings. The van der Waals surface area contributed by atoms with Gasteiger partial charge in [0, 0.05) is 12.6 Å². The van der Waals surface area contributed by atoms with Crippen LogP contribution < -0.4 is 9.47 Å². The summed E-state index contributed by atoms with van der Waals surface area (Å²) >= 11 is 0. The Kier molecular flexibility index (Phi) is 7.00. The number of carbonyl (C=O) groups excluding carboxylic acids is 2. The number of rotatable bonds is 7. The third-order valence-electron chi connectivity index (χ3n) is 5.08. The average Bonchev–Trinajstić information content (AvgIpc) is 2.81. The molecule has 1 saturated heterocycles. The first-order valence-electron chi connectivity index (χ1n) is 9.70. The molecule has 8 heteroatoms. The highest BCUT2D eigenvalue weighted by atomic mass is 16.5. The highest BCUT2D eigenvalue weighted by Crippen LogP contribution is 2.37. The topological polar surface area (TPSA) is 94.5 Å². The molecule has 0 saturated carbocycles. The van der Waals surface area contributed by atoms with E-state index < -0.39 is 17.9 Å². The van der Waals surface area contributed by atoms with E-state index in [1.807, 2.05) is 30.3 Å². The number of esters is 1. The Morgan fingerprint density at radius 3 is 2.53 bits per heavy atom. The Hall–Kier alpha value is -3.42. The number of carbonyl (C=O) groups is 2. The maximum atomic E-state index is 13.2. The minimum Gasteiger partial charge on any atom is -0.493 e. The Labute approximate surface area is 174 Å². The lowest BCUT2D eigenvalue weighted by atomic mass is 10.00. The maximum absolute atomic E-state index is 13.2. The summed E-state index contributed by atoms with van der Waals surface area (Å²) in [7, 11) is 2.74. The highest BCUT2D eigenvalue weighted by molar-refractivity contribution is 6.01. The molecule has 1 fully saturated rings. The second-order valence-corrected chi connectivity index (χ2v) is 6.92. The summed E-state index contributed by atoms with van der Waals surface area (Å²) in [6.07, 6.45) is 2.09. The van der Waals surface area contributed by atoms with Crippen molar-refractivity contribution in [1.82, 2.24) is 4.90 Å². The number of ether oxygens (including phenoxy) is 3. The molecule has 0 radical (unpaired) electrons. The summed E-state index contributed by atoms with van der Waals surface area (Å²) in [5, 5.41) is 3.02. The van der Waals surface area contributed by atoms with E-state index in [9.17, 15) is 14.5 Å². The van der Waals surface area contributed by atoms with Crippen LogP contribution in [0.15, 0.2) is 47.6 Å². The molecule has 1 amide bonds. The predicted octanol–water partition coefficient (Wildman–Crippen LogP) is 3.84. The number of likely N-dealkylation sites (tertiary alicyclic amines) is 1. The molecular weight excluding hydrogens is 388 g/mol. The van der Waals surface area contributed by atoms with Crippen molar-refractivity contribution >= 4 is 17.6 Å². The number of hydrogen-bond acceptors (Lipinski definition) is 7. The maximum Gasteiger partial charge on any atom is 0.328 e. The molecule has 1 aliphatic heterocycles. The fourth-order valence-electron chi connectivity index (χ4n) is 3.51. The molecule has 0 bridgehead atoms. The Morgan fingerprint density at radius 2 is 1.87 bits per heavy atom. The van der Waals surface area contributed by atoms with Gasteiger partial charge in [-0.3, -0.25) is 4.79 Å². The second kappa shape index (κ2) is 9.87. The van der Waals surface area contributed by atoms with Crippen molar-refractivity contribution in [2.45, 2.75) is 31.9 Å². The van der Waals surface area contributed by atoms with Gasteiger partial charge in [-0.05, 0) is 36.1 Å². The van der Waals surface area contributed by atoms with Gasteiger partial charge in [0.15, 0.2) is 11.5 Å². The zero-order chi connectivity index (χ0) is 21.5. The quantitative estimate of drug-likeness (QED) is 0.507. The van der Waals surface area contributed by atoms with Crippen LogP contribution in [0.4, 0.5) is 5.69 Å². The minimum absolute atomic E-state index is 0.0599. The average molecular weight is 412 g/mol. The summed E-state index contributed by atoms with van der Waals surface area (Å²) in [6, 6.07) is 11.6. The van der Waals surface area contributed by atoms with E-state index in [-0.39, 0.29) is 17.9 Å². The number of amides is 1. The van der Waals surface area contributed by atoms with E-state index in [0.29, 0.717) is 24.5 Å². The van der Waals surface area contributed by atoms with Gasteiger partial charge in [0.2, 0.25) is 0 Å². The van der Waals surface area contributed by atoms with Crippen LogP contribution >= 0.6 is 0 Å². The Bertz CT molecular complexity index is 915. The highest BCUT2D eigenvalue weighted by Gasteiger charge is 2.35. The standard InChI is InChI=1S/C22H24N2O6/c1-28-19-12-16(21(25)24-11-7-6-10-18(24)22(26)29-2)17(23-27)13-20(19)30-14-15-8-4-3-5-9-15/h3-5,8-9,12-13,18H,6-7,10-11,14H2,1-2H3. The lowest BCUT2D eigenvalue weighted by Gasteiger charge is -2.34. The molecule has 0 N–H and O–H groups in total. The van der Waals surface area contributed by atoms with Crippen molar-refractivity contribution in [3.63, 3.8) is 0 Å². The van der Waals surface area contributed by atoms with E-state index >= 15 is 0 Å². The van der Waals surface area contributed by atoms with Crippen molar-refractivity contribution < 1.29 is 23.8 Å². The first-order chi connectivity index (χ1) is 14.6. The predicted molar refractivity (Wildman–Crippen MR) is 110 cm³/mol. The smallest absolute Gasteiger partial charge is 0.328 e. The van der Waals surface area contributed by atoms with Crippen LogP contribution in [0.1, 0.15) is 35.2 Å². The lowest BCUT2D eigenvalue weighted by molar-refractivity contribution is -0.147. The summed E-state index contributed by atoms with van der Waals surface area (Å²) in [5.41, 5.74) is 0.928. The van der Waals surface area contributed by atoms with Gasteiger partial charge < -0.3 is 19.1 Å². The Morgan fingerprint density at radius 1 is 1.10 bits per heavy atom. The van der Waals surface area contributed by atoms with Crippen LogP contribution in [0.3, 0.4) is 0 Å². The number of methoxy groups -OCH3 is 2. The fraction of sp³-hybridized carbons (Fsp3) is 0.364. The number of hydrogen-bond donors (Lipinski definition) is 0. The molecule has 3 rings (SSSR count). The molecule has 30 heavy (non-hydrogen) atoms. The molecule has 2 aromatic carbocycles. The SMILES string of the molecule is COC(=O)C1CCCCN1C(=O)c1cc(OC)c(OCc2ccccc2)cc1N=O. The van der Waals surface area contributed by atoms with Crippen LogP contribution in [0.25, 0.3) is 0 Å². The molecule has 0 aromatic heterocycles. The normalized spacial score (nSPS) is 15.9. The van der Waals surface area contributed by atoms with Crippen molar-refractivity contribution in [1.29, 1.82) is 0 Å². The molecule has 8 nitrogen and oxygen atoms in total. The van der Waals surface area contributed by atoms with Crippen LogP contribution in [-0.4, -0.2) is 43.6 Å². The summed E-state index contributed by atoms with van der Waals surface area (Å²) in [5.74, 6) is -0.338. The van der Waals surface area contributed by atoms with Gasteiger partial charge in [-0.25, -0.2) is 4.79 Å². The van der Waals surface area contributed by atoms with E-state index in [2.05, 4.69) is 5.18 Å². The van der Waals surface area contributed by atoms with Crippen molar-refractivity contribution in [3.05, 3.63) is 58.5 Å². The first kappa shape index (κ1) is 21.3. The van der Waals surface area contributed by atoms with Crippen LogP contribution in [0.5, 0.6) is 11.5 Å². The van der Waals surface area contributed by atoms with Crippen LogP contribution in [-0.2, 0) is 16.1 Å². The lowest BCUT2D eigenvalue weighted by Crippen LogP contribution is -2.48. The van der Waals surface area contributed by atoms with Gasteiger partial charge in [0.1, 0.15) is 18.3 Å². The van der Waals surface area contributed by atoms with E-state index in [1.54, 1.807) is 0 Å². The summed E-state index contributed by atoms with van der Waals surface area (Å²) in [6.45, 7) is 0.658. The van der Waals surface area contributed by atoms with Gasteiger partial charge >= 0.3 is 5.97 Å². The molecule has 1 atom stereocenters. The molecule has 1 unspecified atom stereocenters. The van der Waals surface area contributed by atoms with Gasteiger partial charge in [0.25, 0.3) is 5.91 Å². The number of benzene rings is 2. The number of nitroso groups, excluding NO2 is 1. The largest absolute Gasteiger partial charge is 0.493 e. The number of piperidine rings is 1. The zero-order valence-corrected chi connectivity index (χ0v) is 17.0. The van der Waals surface area contributed by atoms with Crippen LogP contribution in [0, 0.1) is 4.91 Å². The third-order valence-corrected chi connectivity index (χ3v) is 5.08. The summed E-state index contributed by atoms with van der Waals surface area (Å²) < 4.78 is 16.0. The van der Waals surface area contributed by atoms with Gasteiger partial charge in [-0.1, -0.05) is 30.3 Å². The fourth-order valence-corrected chi connectivity index (χ4v) is 3.51. The summed E-state index contributed by atoms with van der Waals surface area (Å²) in [4.78, 5) is 38.2. The van der Waals surface area contributed by atoms with Crippen molar-refractivity contribution in [3.8, 4) is 11.5 Å². The van der Waals surface area contributed by atoms with Crippen molar-refractivity contribution in [2.75, 3.05) is 20.8 Å². The van der Waals surface area contributed by atoms with E-state index in [4.69, 9.17) is 14.2 Å². The molecular formula is C22H24N2O6. The minimum atomic E-state index is -0.684. The van der Waals surface area contributed by atoms with Gasteiger partial charge in [0.05, 0.1) is 19.8 Å². The first-order valence-corrected chi connectivity index (χ1v) is 9.70. The second-order valence-electron chi connectivity index (χ2n) is 6.92. The van der Waals surface area contributed by atoms with Crippen LogP contribution in [0.2, 0.25) is 0 Å². The molecule has 2 aromatic rings. The molecule has 1 heterocycles. The molecule has 0 spiro atoms. The van der Waals surface area contributed by atoms with Gasteiger partial charge in [-0.15, -0.1) is 4.91 Å². The van der Waals surface area contributed by atoms with E-state index in [1.165, 1.54) is 31.3 Å². The Balaban J connectivity index is 1.89. The zero-order valence-electron chi connectivity index (χ0n) is 17.0. The number of nitrogens with zero attached hydrogens (tertiary/aromatic N) is 2.